The van der Waals surface area contributed by atoms with Crippen LogP contribution in [0.2, 0.25) is 5.02 Å². The van der Waals surface area contributed by atoms with Gasteiger partial charge in [0.15, 0.2) is 0 Å². The highest BCUT2D eigenvalue weighted by atomic mass is 127. The van der Waals surface area contributed by atoms with Crippen LogP contribution in [0, 0.1) is 9.49 Å². The lowest BCUT2D eigenvalue weighted by atomic mass is 9.86. The van der Waals surface area contributed by atoms with Crippen LogP contribution in [0.4, 0.5) is 14.5 Å². The van der Waals surface area contributed by atoms with Crippen molar-refractivity contribution in [3.8, 4) is 0 Å². The maximum Gasteiger partial charge on any atom is 0.248 e. The van der Waals surface area contributed by atoms with Gasteiger partial charge >= 0.3 is 0 Å². The largest absolute Gasteiger partial charge is 0.324 e. The predicted octanol–water partition coefficient (Wildman–Crippen LogP) is 4.71. The van der Waals surface area contributed by atoms with Crippen molar-refractivity contribution in [3.05, 3.63) is 26.8 Å². The molecule has 6 heteroatoms. The summed E-state index contributed by atoms with van der Waals surface area (Å²) in [6.45, 7) is 0. The maximum absolute atomic E-state index is 13.3. The molecular formula is C13H13ClF2INO. The number of amides is 1. The molecule has 104 valence electrons. The van der Waals surface area contributed by atoms with E-state index in [0.29, 0.717) is 23.6 Å². The van der Waals surface area contributed by atoms with Gasteiger partial charge in [0.25, 0.3) is 0 Å². The first-order valence-corrected chi connectivity index (χ1v) is 7.47. The van der Waals surface area contributed by atoms with Crippen molar-refractivity contribution in [1.82, 2.24) is 0 Å². The average molecular weight is 400 g/mol. The lowest BCUT2D eigenvalue weighted by molar-refractivity contribution is -0.127. The van der Waals surface area contributed by atoms with Crippen LogP contribution in [0.1, 0.15) is 25.7 Å². The molecule has 1 unspecified atom stereocenters. The number of rotatable bonds is 2. The van der Waals surface area contributed by atoms with Gasteiger partial charge in [-0.15, -0.1) is 0 Å². The molecular weight excluding hydrogens is 387 g/mol. The van der Waals surface area contributed by atoms with Crippen LogP contribution >= 0.6 is 34.2 Å². The van der Waals surface area contributed by atoms with Crippen LogP contribution in [0.5, 0.6) is 0 Å². The molecule has 1 aromatic carbocycles. The molecule has 2 nitrogen and oxygen atoms in total. The summed E-state index contributed by atoms with van der Waals surface area (Å²) >= 11 is 8.07. The summed E-state index contributed by atoms with van der Waals surface area (Å²) in [5.74, 6) is -3.74. The molecule has 1 aromatic rings. The summed E-state index contributed by atoms with van der Waals surface area (Å²) in [5, 5.41) is 3.06. The van der Waals surface area contributed by atoms with Crippen molar-refractivity contribution in [1.29, 1.82) is 0 Å². The maximum atomic E-state index is 13.3. The summed E-state index contributed by atoms with van der Waals surface area (Å²) in [7, 11) is 0. The van der Waals surface area contributed by atoms with Crippen LogP contribution in [-0.4, -0.2) is 11.8 Å². The van der Waals surface area contributed by atoms with E-state index in [1.54, 1.807) is 12.1 Å². The molecule has 0 saturated heterocycles. The van der Waals surface area contributed by atoms with E-state index in [0.717, 1.165) is 3.57 Å². The minimum absolute atomic E-state index is 0.124. The van der Waals surface area contributed by atoms with Crippen LogP contribution in [0.25, 0.3) is 0 Å². The van der Waals surface area contributed by atoms with Gasteiger partial charge in [0.1, 0.15) is 0 Å². The van der Waals surface area contributed by atoms with Crippen molar-refractivity contribution in [2.45, 2.75) is 31.6 Å². The molecule has 0 radical (unpaired) electrons. The fourth-order valence-electron chi connectivity index (χ4n) is 2.22. The van der Waals surface area contributed by atoms with Crippen molar-refractivity contribution < 1.29 is 13.6 Å². The Labute approximate surface area is 129 Å². The minimum Gasteiger partial charge on any atom is -0.324 e. The number of hydrogen-bond donors (Lipinski definition) is 1. The van der Waals surface area contributed by atoms with E-state index in [4.69, 9.17) is 11.6 Å². The first kappa shape index (κ1) is 15.0. The van der Waals surface area contributed by atoms with Gasteiger partial charge in [-0.2, -0.15) is 0 Å². The monoisotopic (exact) mass is 399 g/mol. The van der Waals surface area contributed by atoms with Gasteiger partial charge < -0.3 is 5.32 Å². The first-order chi connectivity index (χ1) is 8.87. The lowest BCUT2D eigenvalue weighted by Crippen LogP contribution is -2.33. The third-order valence-corrected chi connectivity index (χ3v) is 4.20. The van der Waals surface area contributed by atoms with E-state index in [1.807, 2.05) is 6.07 Å². The number of halogens is 4. The molecule has 1 amide bonds. The second-order valence-corrected chi connectivity index (χ2v) is 6.42. The van der Waals surface area contributed by atoms with Gasteiger partial charge in [0.05, 0.1) is 10.7 Å². The van der Waals surface area contributed by atoms with Crippen molar-refractivity contribution in [2.24, 2.45) is 5.92 Å². The Bertz CT molecular complexity index is 496. The smallest absolute Gasteiger partial charge is 0.248 e. The van der Waals surface area contributed by atoms with E-state index in [1.165, 1.54) is 0 Å². The molecule has 1 aliphatic carbocycles. The number of anilines is 1. The van der Waals surface area contributed by atoms with Crippen molar-refractivity contribution >= 4 is 45.8 Å². The second-order valence-electron chi connectivity index (χ2n) is 4.76. The number of carbonyl (C=O) groups excluding carboxylic acids is 1. The van der Waals surface area contributed by atoms with Crippen LogP contribution in [0.3, 0.4) is 0 Å². The Morgan fingerprint density at radius 2 is 2.21 bits per heavy atom. The number of benzene rings is 1. The first-order valence-electron chi connectivity index (χ1n) is 6.01. The summed E-state index contributed by atoms with van der Waals surface area (Å²) < 4.78 is 27.5. The predicted molar refractivity (Wildman–Crippen MR) is 79.7 cm³/mol. The highest BCUT2D eigenvalue weighted by Gasteiger charge is 2.39. The molecule has 19 heavy (non-hydrogen) atoms. The molecule has 1 N–H and O–H groups in total. The van der Waals surface area contributed by atoms with E-state index in [-0.39, 0.29) is 18.7 Å². The summed E-state index contributed by atoms with van der Waals surface area (Å²) in [5.41, 5.74) is 0.479. The van der Waals surface area contributed by atoms with Gasteiger partial charge in [0.2, 0.25) is 11.8 Å². The van der Waals surface area contributed by atoms with Crippen molar-refractivity contribution in [2.75, 3.05) is 5.32 Å². The molecule has 1 atom stereocenters. The molecule has 1 fully saturated rings. The molecule has 0 spiro atoms. The highest BCUT2D eigenvalue weighted by Crippen LogP contribution is 2.37. The fraction of sp³-hybridized carbons (Fsp3) is 0.462. The highest BCUT2D eigenvalue weighted by molar-refractivity contribution is 14.1. The number of hydrogen-bond acceptors (Lipinski definition) is 1. The van der Waals surface area contributed by atoms with E-state index < -0.39 is 11.8 Å². The van der Waals surface area contributed by atoms with Crippen LogP contribution in [0.15, 0.2) is 18.2 Å². The molecule has 2 rings (SSSR count). The Morgan fingerprint density at radius 3 is 2.89 bits per heavy atom. The fourth-order valence-corrected chi connectivity index (χ4v) is 2.88. The van der Waals surface area contributed by atoms with Crippen LogP contribution in [-0.2, 0) is 4.79 Å². The zero-order valence-electron chi connectivity index (χ0n) is 10.1. The van der Waals surface area contributed by atoms with Crippen LogP contribution < -0.4 is 5.32 Å². The standard InChI is InChI=1S/C13H13ClF2INO/c14-10-4-3-9(17)6-11(10)18-12(19)8-2-1-5-13(15,16)7-8/h3-4,6,8H,1-2,5,7H2,(H,18,19). The van der Waals surface area contributed by atoms with E-state index in [9.17, 15) is 13.6 Å². The van der Waals surface area contributed by atoms with Crippen molar-refractivity contribution in [3.63, 3.8) is 0 Å². The Hall–Kier alpha value is -0.430. The summed E-state index contributed by atoms with van der Waals surface area (Å²) in [6, 6.07) is 5.21. The van der Waals surface area contributed by atoms with Gasteiger partial charge in [-0.25, -0.2) is 8.78 Å². The summed E-state index contributed by atoms with van der Waals surface area (Å²) in [6.07, 6.45) is 0.384. The number of alkyl halides is 2. The van der Waals surface area contributed by atoms with Gasteiger partial charge in [0, 0.05) is 22.3 Å². The lowest BCUT2D eigenvalue weighted by Gasteiger charge is -2.28. The third kappa shape index (κ3) is 4.02. The van der Waals surface area contributed by atoms with Gasteiger partial charge in [-0.05, 0) is 53.6 Å². The Kier molecular flexibility index (Phi) is 4.66. The zero-order chi connectivity index (χ0) is 14.0. The minimum atomic E-state index is -2.73. The molecule has 0 heterocycles. The molecule has 1 aliphatic rings. The molecule has 1 saturated carbocycles. The SMILES string of the molecule is O=C(Nc1cc(I)ccc1Cl)C1CCCC(F)(F)C1. The topological polar surface area (TPSA) is 29.1 Å². The summed E-state index contributed by atoms with van der Waals surface area (Å²) in [4.78, 5) is 12.0. The van der Waals surface area contributed by atoms with E-state index in [2.05, 4.69) is 27.9 Å². The molecule has 0 aliphatic heterocycles. The van der Waals surface area contributed by atoms with Gasteiger partial charge in [-0.1, -0.05) is 11.6 Å². The quantitative estimate of drug-likeness (QED) is 0.717. The van der Waals surface area contributed by atoms with Gasteiger partial charge in [-0.3, -0.25) is 4.79 Å². The number of nitrogens with one attached hydrogen (secondary N) is 1. The normalized spacial score (nSPS) is 22.0. The third-order valence-electron chi connectivity index (χ3n) is 3.20. The Balaban J connectivity index is 2.06. The molecule has 0 bridgehead atoms. The van der Waals surface area contributed by atoms with E-state index >= 15 is 0 Å². The molecule has 0 aromatic heterocycles. The Morgan fingerprint density at radius 1 is 1.47 bits per heavy atom. The zero-order valence-corrected chi connectivity index (χ0v) is 13.0. The second kappa shape index (κ2) is 5.91. The average Bonchev–Trinajstić information content (AvgIpc) is 2.32. The number of carbonyl (C=O) groups is 1.